The van der Waals surface area contributed by atoms with Crippen molar-refractivity contribution in [3.63, 3.8) is 0 Å². The average Bonchev–Trinajstić information content (AvgIpc) is 3.14. The normalized spacial score (nSPS) is 11.2. The zero-order valence-corrected chi connectivity index (χ0v) is 15.7. The Kier molecular flexibility index (Phi) is 5.03. The first-order valence-electron chi connectivity index (χ1n) is 8.40. The third kappa shape index (κ3) is 3.37. The first-order chi connectivity index (χ1) is 12.0. The Labute approximate surface area is 150 Å². The number of ether oxygens (including phenoxy) is 1. The third-order valence-electron chi connectivity index (χ3n) is 3.84. The Hall–Kier alpha value is -2.41. The molecule has 0 aliphatic heterocycles. The van der Waals surface area contributed by atoms with Gasteiger partial charge in [0.05, 0.1) is 12.3 Å². The second-order valence-electron chi connectivity index (χ2n) is 6.15. The zero-order valence-electron chi connectivity index (χ0n) is 14.9. The van der Waals surface area contributed by atoms with Crippen LogP contribution in [0.15, 0.2) is 24.3 Å². The number of nitrogens with zero attached hydrogens (tertiary/aromatic N) is 3. The fraction of sp³-hybridized carbons (Fsp3) is 0.389. The first-order valence-corrected chi connectivity index (χ1v) is 9.22. The molecule has 25 heavy (non-hydrogen) atoms. The van der Waals surface area contributed by atoms with E-state index in [4.69, 9.17) is 4.74 Å². The topological polar surface area (TPSA) is 68.5 Å². The van der Waals surface area contributed by atoms with Crippen molar-refractivity contribution in [1.29, 1.82) is 0 Å². The number of fused-ring (bicyclic) bond motifs is 1. The molecule has 1 aromatic carbocycles. The Morgan fingerprint density at radius 2 is 2.08 bits per heavy atom. The predicted molar refractivity (Wildman–Crippen MR) is 99.9 cm³/mol. The van der Waals surface area contributed by atoms with Crippen LogP contribution in [-0.2, 0) is 0 Å². The van der Waals surface area contributed by atoms with Crippen LogP contribution < -0.4 is 10.1 Å². The number of hydrogen-bond donors (Lipinski definition) is 1. The van der Waals surface area contributed by atoms with Crippen LogP contribution in [0.4, 0.5) is 5.69 Å². The molecule has 0 unspecified atom stereocenters. The van der Waals surface area contributed by atoms with Gasteiger partial charge >= 0.3 is 0 Å². The predicted octanol–water partition coefficient (Wildman–Crippen LogP) is 4.26. The van der Waals surface area contributed by atoms with Gasteiger partial charge in [0, 0.05) is 11.6 Å². The van der Waals surface area contributed by atoms with E-state index in [1.54, 1.807) is 0 Å². The van der Waals surface area contributed by atoms with Crippen LogP contribution in [0.25, 0.3) is 4.96 Å². The minimum absolute atomic E-state index is 0.157. The number of hydrogen-bond acceptors (Lipinski definition) is 5. The van der Waals surface area contributed by atoms with Crippen LogP contribution in [0.2, 0.25) is 0 Å². The summed E-state index contributed by atoms with van der Waals surface area (Å²) in [5, 5.41) is 11.4. The minimum Gasteiger partial charge on any atom is -0.491 e. The summed E-state index contributed by atoms with van der Waals surface area (Å²) >= 11 is 1.35. The maximum Gasteiger partial charge on any atom is 0.267 e. The van der Waals surface area contributed by atoms with Crippen LogP contribution in [0, 0.1) is 6.92 Å². The molecule has 3 rings (SSSR count). The number of anilines is 1. The second kappa shape index (κ2) is 7.23. The van der Waals surface area contributed by atoms with E-state index in [0.29, 0.717) is 22.9 Å². The van der Waals surface area contributed by atoms with Gasteiger partial charge < -0.3 is 10.1 Å². The maximum atomic E-state index is 12.8. The summed E-state index contributed by atoms with van der Waals surface area (Å²) in [7, 11) is 0. The summed E-state index contributed by atoms with van der Waals surface area (Å²) in [6.07, 6.45) is 0.911. The fourth-order valence-electron chi connectivity index (χ4n) is 2.60. The fourth-order valence-corrected chi connectivity index (χ4v) is 3.57. The molecule has 0 bridgehead atoms. The van der Waals surface area contributed by atoms with Crippen molar-refractivity contribution in [1.82, 2.24) is 14.6 Å². The van der Waals surface area contributed by atoms with Crippen molar-refractivity contribution < 1.29 is 9.53 Å². The number of rotatable bonds is 6. The molecule has 3 aromatic rings. The molecular formula is C18H22N4O2S. The molecule has 0 atom stereocenters. The molecule has 6 nitrogen and oxygen atoms in total. The summed E-state index contributed by atoms with van der Waals surface area (Å²) in [5.41, 5.74) is 1.53. The molecule has 0 spiro atoms. The molecule has 0 saturated carbocycles. The van der Waals surface area contributed by atoms with E-state index in [1.165, 1.54) is 11.3 Å². The summed E-state index contributed by atoms with van der Waals surface area (Å²) in [6, 6.07) is 7.48. The lowest BCUT2D eigenvalue weighted by Crippen LogP contribution is -2.13. The molecule has 0 fully saturated rings. The number of aromatic nitrogens is 3. The molecule has 0 radical (unpaired) electrons. The Morgan fingerprint density at radius 1 is 1.32 bits per heavy atom. The van der Waals surface area contributed by atoms with E-state index in [0.717, 1.165) is 22.9 Å². The largest absolute Gasteiger partial charge is 0.491 e. The van der Waals surface area contributed by atoms with Crippen LogP contribution in [0.1, 0.15) is 54.3 Å². The molecule has 132 valence electrons. The quantitative estimate of drug-likeness (QED) is 0.715. The summed E-state index contributed by atoms with van der Waals surface area (Å²) in [6.45, 7) is 8.71. The van der Waals surface area contributed by atoms with Crippen molar-refractivity contribution in [2.75, 3.05) is 11.9 Å². The van der Waals surface area contributed by atoms with Gasteiger partial charge in [0.2, 0.25) is 4.96 Å². The summed E-state index contributed by atoms with van der Waals surface area (Å²) in [4.78, 5) is 14.2. The number of carbonyl (C=O) groups excluding carboxylic acids is 1. The molecule has 1 N–H and O–H groups in total. The van der Waals surface area contributed by atoms with Gasteiger partial charge in [-0.15, -0.1) is 10.2 Å². The highest BCUT2D eigenvalue weighted by molar-refractivity contribution is 7.19. The van der Waals surface area contributed by atoms with Gasteiger partial charge in [-0.3, -0.25) is 9.20 Å². The van der Waals surface area contributed by atoms with Crippen molar-refractivity contribution in [3.8, 4) is 5.75 Å². The van der Waals surface area contributed by atoms with Crippen molar-refractivity contribution in [3.05, 3.63) is 40.7 Å². The number of benzene rings is 1. The monoisotopic (exact) mass is 358 g/mol. The number of nitrogens with one attached hydrogen (secondary N) is 1. The molecule has 0 aliphatic carbocycles. The van der Waals surface area contributed by atoms with E-state index in [1.807, 2.05) is 42.5 Å². The molecule has 2 heterocycles. The molecule has 2 aromatic heterocycles. The van der Waals surface area contributed by atoms with E-state index in [9.17, 15) is 4.79 Å². The smallest absolute Gasteiger partial charge is 0.267 e. The highest BCUT2D eigenvalue weighted by Crippen LogP contribution is 2.29. The molecule has 0 saturated heterocycles. The van der Waals surface area contributed by atoms with E-state index in [2.05, 4.69) is 29.4 Å². The van der Waals surface area contributed by atoms with Crippen molar-refractivity contribution >= 4 is 27.9 Å². The first kappa shape index (κ1) is 17.4. The minimum atomic E-state index is -0.157. The van der Waals surface area contributed by atoms with Gasteiger partial charge in [0.25, 0.3) is 5.91 Å². The summed E-state index contributed by atoms with van der Waals surface area (Å²) < 4.78 is 7.67. The van der Waals surface area contributed by atoms with Crippen molar-refractivity contribution in [2.45, 2.75) is 40.0 Å². The highest BCUT2D eigenvalue weighted by Gasteiger charge is 2.21. The van der Waals surface area contributed by atoms with Crippen LogP contribution >= 0.6 is 11.3 Å². The molecule has 0 aliphatic rings. The Bertz CT molecular complexity index is 898. The van der Waals surface area contributed by atoms with Gasteiger partial charge in [-0.25, -0.2) is 0 Å². The zero-order chi connectivity index (χ0) is 18.0. The molecule has 1 amide bonds. The van der Waals surface area contributed by atoms with Gasteiger partial charge in [0.1, 0.15) is 16.5 Å². The lowest BCUT2D eigenvalue weighted by Gasteiger charge is -2.11. The number of aryl methyl sites for hydroxylation is 1. The Morgan fingerprint density at radius 3 is 2.80 bits per heavy atom. The van der Waals surface area contributed by atoms with Crippen LogP contribution in [0.5, 0.6) is 5.75 Å². The van der Waals surface area contributed by atoms with Crippen LogP contribution in [0.3, 0.4) is 0 Å². The highest BCUT2D eigenvalue weighted by atomic mass is 32.1. The average molecular weight is 358 g/mol. The van der Waals surface area contributed by atoms with Gasteiger partial charge in [0.15, 0.2) is 0 Å². The van der Waals surface area contributed by atoms with Crippen LogP contribution in [-0.4, -0.2) is 27.1 Å². The molecular weight excluding hydrogens is 336 g/mol. The SMILES string of the molecule is CCCOc1ccccc1NC(=O)c1sc2nnc(C(C)C)n2c1C. The standard InChI is InChI=1S/C18H22N4O2S/c1-5-10-24-14-9-7-6-8-13(14)19-17(23)15-12(4)22-16(11(2)3)20-21-18(22)25-15/h6-9,11H,5,10H2,1-4H3,(H,19,23). The number of carbonyl (C=O) groups is 1. The lowest BCUT2D eigenvalue weighted by atomic mass is 10.2. The van der Waals surface area contributed by atoms with E-state index >= 15 is 0 Å². The molecule has 7 heteroatoms. The van der Waals surface area contributed by atoms with E-state index < -0.39 is 0 Å². The second-order valence-corrected chi connectivity index (χ2v) is 7.12. The van der Waals surface area contributed by atoms with Crippen molar-refractivity contribution in [2.24, 2.45) is 0 Å². The summed E-state index contributed by atoms with van der Waals surface area (Å²) in [5.74, 6) is 1.63. The lowest BCUT2D eigenvalue weighted by molar-refractivity contribution is 0.102. The third-order valence-corrected chi connectivity index (χ3v) is 4.97. The number of para-hydroxylation sites is 2. The van der Waals surface area contributed by atoms with E-state index in [-0.39, 0.29) is 11.8 Å². The van der Waals surface area contributed by atoms with Gasteiger partial charge in [-0.1, -0.05) is 44.2 Å². The Balaban J connectivity index is 1.90. The maximum absolute atomic E-state index is 12.8. The number of amides is 1. The van der Waals surface area contributed by atoms with Gasteiger partial charge in [-0.05, 0) is 25.5 Å². The van der Waals surface area contributed by atoms with Gasteiger partial charge in [-0.2, -0.15) is 0 Å². The number of thiazole rings is 1.